The second-order valence-corrected chi connectivity index (χ2v) is 6.41. The average Bonchev–Trinajstić information content (AvgIpc) is 2.65. The lowest BCUT2D eigenvalue weighted by Gasteiger charge is -2.32. The first kappa shape index (κ1) is 18.5. The maximum atomic E-state index is 13.2. The fourth-order valence-electron chi connectivity index (χ4n) is 3.04. The summed E-state index contributed by atoms with van der Waals surface area (Å²) in [6.07, 6.45) is 1.03. The smallest absolute Gasteiger partial charge is 0.254 e. The van der Waals surface area contributed by atoms with Crippen molar-refractivity contribution >= 4 is 11.8 Å². The first-order chi connectivity index (χ1) is 12.8. The van der Waals surface area contributed by atoms with Crippen LogP contribution < -0.4 is 5.32 Å². The van der Waals surface area contributed by atoms with E-state index in [4.69, 9.17) is 0 Å². The summed E-state index contributed by atoms with van der Waals surface area (Å²) in [7, 11) is 0. The Morgan fingerprint density at radius 3 is 2.22 bits per heavy atom. The first-order valence-electron chi connectivity index (χ1n) is 8.46. The second-order valence-electron chi connectivity index (χ2n) is 6.41. The van der Waals surface area contributed by atoms with Crippen LogP contribution in [0.1, 0.15) is 33.6 Å². The standard InChI is InChI=1S/C19H19FN2O5/c20-13-3-1-2-11(8-13)18(26)21-14-4-6-22(7-5-14)19(27)12-9-15(23)17(25)16(24)10-12/h1-3,8-10,14,23-25H,4-7H2,(H,21,26). The maximum Gasteiger partial charge on any atom is 0.254 e. The zero-order valence-corrected chi connectivity index (χ0v) is 14.4. The number of rotatable bonds is 3. The monoisotopic (exact) mass is 374 g/mol. The highest BCUT2D eigenvalue weighted by atomic mass is 19.1. The van der Waals surface area contributed by atoms with Gasteiger partial charge in [-0.1, -0.05) is 6.07 Å². The Hall–Kier alpha value is -3.29. The number of nitrogens with zero attached hydrogens (tertiary/aromatic N) is 1. The second kappa shape index (κ2) is 7.53. The predicted molar refractivity (Wildman–Crippen MR) is 94.2 cm³/mol. The lowest BCUT2D eigenvalue weighted by molar-refractivity contribution is 0.0697. The van der Waals surface area contributed by atoms with Gasteiger partial charge in [0, 0.05) is 30.3 Å². The number of halogens is 1. The summed E-state index contributed by atoms with van der Waals surface area (Å²) in [4.78, 5) is 26.2. The van der Waals surface area contributed by atoms with Crippen molar-refractivity contribution in [3.63, 3.8) is 0 Å². The van der Waals surface area contributed by atoms with Crippen molar-refractivity contribution in [2.45, 2.75) is 18.9 Å². The molecule has 27 heavy (non-hydrogen) atoms. The number of carbonyl (C=O) groups excluding carboxylic acids is 2. The molecule has 2 aromatic rings. The summed E-state index contributed by atoms with van der Waals surface area (Å²) in [5.41, 5.74) is 0.300. The van der Waals surface area contributed by atoms with Crippen LogP contribution in [-0.4, -0.2) is 51.2 Å². The van der Waals surface area contributed by atoms with Crippen molar-refractivity contribution < 1.29 is 29.3 Å². The highest BCUT2D eigenvalue weighted by Gasteiger charge is 2.26. The topological polar surface area (TPSA) is 110 Å². The predicted octanol–water partition coefficient (Wildman–Crippen LogP) is 1.98. The molecule has 0 radical (unpaired) electrons. The van der Waals surface area contributed by atoms with Gasteiger partial charge in [-0.3, -0.25) is 9.59 Å². The molecular weight excluding hydrogens is 355 g/mol. The van der Waals surface area contributed by atoms with Crippen LogP contribution in [0.15, 0.2) is 36.4 Å². The molecule has 3 rings (SSSR count). The molecule has 142 valence electrons. The molecule has 0 aromatic heterocycles. The lowest BCUT2D eigenvalue weighted by atomic mass is 10.0. The number of aromatic hydroxyl groups is 3. The Balaban J connectivity index is 1.58. The molecule has 1 saturated heterocycles. The summed E-state index contributed by atoms with van der Waals surface area (Å²) in [5, 5.41) is 31.3. The van der Waals surface area contributed by atoms with E-state index < -0.39 is 29.0 Å². The number of phenols is 3. The van der Waals surface area contributed by atoms with E-state index >= 15 is 0 Å². The molecule has 1 heterocycles. The van der Waals surface area contributed by atoms with Gasteiger partial charge >= 0.3 is 0 Å². The number of hydrogen-bond acceptors (Lipinski definition) is 5. The van der Waals surface area contributed by atoms with Crippen LogP contribution >= 0.6 is 0 Å². The molecule has 0 aliphatic carbocycles. The van der Waals surface area contributed by atoms with E-state index in [9.17, 15) is 29.3 Å². The largest absolute Gasteiger partial charge is 0.504 e. The highest BCUT2D eigenvalue weighted by molar-refractivity contribution is 5.96. The third-order valence-corrected chi connectivity index (χ3v) is 4.52. The van der Waals surface area contributed by atoms with Gasteiger partial charge in [0.05, 0.1) is 0 Å². The fourth-order valence-corrected chi connectivity index (χ4v) is 3.04. The van der Waals surface area contributed by atoms with Gasteiger partial charge in [0.25, 0.3) is 11.8 Å². The Kier molecular flexibility index (Phi) is 5.16. The van der Waals surface area contributed by atoms with Crippen LogP contribution in [-0.2, 0) is 0 Å². The van der Waals surface area contributed by atoms with Gasteiger partial charge < -0.3 is 25.5 Å². The zero-order chi connectivity index (χ0) is 19.6. The van der Waals surface area contributed by atoms with Gasteiger partial charge in [0.15, 0.2) is 17.2 Å². The van der Waals surface area contributed by atoms with E-state index in [0.717, 1.165) is 18.2 Å². The molecule has 0 unspecified atom stereocenters. The van der Waals surface area contributed by atoms with Crippen molar-refractivity contribution in [2.75, 3.05) is 13.1 Å². The highest BCUT2D eigenvalue weighted by Crippen LogP contribution is 2.35. The van der Waals surface area contributed by atoms with Gasteiger partial charge in [-0.2, -0.15) is 0 Å². The van der Waals surface area contributed by atoms with E-state index in [1.807, 2.05) is 0 Å². The van der Waals surface area contributed by atoms with Gasteiger partial charge in [-0.05, 0) is 43.2 Å². The molecule has 1 fully saturated rings. The number of hydrogen-bond donors (Lipinski definition) is 4. The Morgan fingerprint density at radius 1 is 1.00 bits per heavy atom. The van der Waals surface area contributed by atoms with E-state index in [1.54, 1.807) is 0 Å². The minimum absolute atomic E-state index is 0.0602. The molecule has 0 saturated carbocycles. The number of carbonyl (C=O) groups is 2. The number of nitrogens with one attached hydrogen (secondary N) is 1. The quantitative estimate of drug-likeness (QED) is 0.614. The molecule has 0 bridgehead atoms. The van der Waals surface area contributed by atoms with E-state index in [0.29, 0.717) is 25.9 Å². The molecule has 1 aliphatic rings. The molecular formula is C19H19FN2O5. The van der Waals surface area contributed by atoms with Crippen molar-refractivity contribution in [1.82, 2.24) is 10.2 Å². The molecule has 0 atom stereocenters. The van der Waals surface area contributed by atoms with E-state index in [-0.39, 0.29) is 23.1 Å². The van der Waals surface area contributed by atoms with Crippen LogP contribution in [0.2, 0.25) is 0 Å². The molecule has 0 spiro atoms. The molecule has 7 nitrogen and oxygen atoms in total. The lowest BCUT2D eigenvalue weighted by Crippen LogP contribution is -2.46. The number of amides is 2. The maximum absolute atomic E-state index is 13.2. The normalized spacial score (nSPS) is 14.8. The Bertz CT molecular complexity index is 855. The van der Waals surface area contributed by atoms with E-state index in [1.165, 1.54) is 23.1 Å². The van der Waals surface area contributed by atoms with Crippen LogP contribution in [0.5, 0.6) is 17.2 Å². The Labute approximate surface area is 154 Å². The van der Waals surface area contributed by atoms with Gasteiger partial charge in [-0.25, -0.2) is 4.39 Å². The van der Waals surface area contributed by atoms with Crippen molar-refractivity contribution in [3.05, 3.63) is 53.3 Å². The summed E-state index contributed by atoms with van der Waals surface area (Å²) >= 11 is 0. The zero-order valence-electron chi connectivity index (χ0n) is 14.4. The van der Waals surface area contributed by atoms with Crippen molar-refractivity contribution in [3.8, 4) is 17.2 Å². The molecule has 4 N–H and O–H groups in total. The minimum Gasteiger partial charge on any atom is -0.504 e. The number of phenolic OH excluding ortho intramolecular Hbond substituents is 3. The third-order valence-electron chi connectivity index (χ3n) is 4.52. The number of likely N-dealkylation sites (tertiary alicyclic amines) is 1. The third kappa shape index (κ3) is 4.11. The van der Waals surface area contributed by atoms with Gasteiger partial charge in [0.1, 0.15) is 5.82 Å². The summed E-state index contributed by atoms with van der Waals surface area (Å²) in [6.45, 7) is 0.741. The van der Waals surface area contributed by atoms with Crippen LogP contribution in [0, 0.1) is 5.82 Å². The molecule has 2 amide bonds. The number of benzene rings is 2. The van der Waals surface area contributed by atoms with Crippen LogP contribution in [0.25, 0.3) is 0 Å². The van der Waals surface area contributed by atoms with Crippen LogP contribution in [0.4, 0.5) is 4.39 Å². The summed E-state index contributed by atoms with van der Waals surface area (Å²) in [5.74, 6) is -3.07. The van der Waals surface area contributed by atoms with Crippen molar-refractivity contribution in [1.29, 1.82) is 0 Å². The summed E-state index contributed by atoms with van der Waals surface area (Å²) < 4.78 is 13.2. The molecule has 2 aromatic carbocycles. The Morgan fingerprint density at radius 2 is 1.63 bits per heavy atom. The number of piperidine rings is 1. The average molecular weight is 374 g/mol. The molecule has 1 aliphatic heterocycles. The van der Waals surface area contributed by atoms with E-state index in [2.05, 4.69) is 5.32 Å². The van der Waals surface area contributed by atoms with Gasteiger partial charge in [0.2, 0.25) is 0 Å². The molecule has 8 heteroatoms. The van der Waals surface area contributed by atoms with Crippen molar-refractivity contribution in [2.24, 2.45) is 0 Å². The summed E-state index contributed by atoms with van der Waals surface area (Å²) in [6, 6.07) is 7.46. The van der Waals surface area contributed by atoms with Gasteiger partial charge in [-0.15, -0.1) is 0 Å². The first-order valence-corrected chi connectivity index (χ1v) is 8.46. The van der Waals surface area contributed by atoms with Crippen LogP contribution in [0.3, 0.4) is 0 Å². The minimum atomic E-state index is -0.676. The fraction of sp³-hybridized carbons (Fsp3) is 0.263. The SMILES string of the molecule is O=C(NC1CCN(C(=O)c2cc(O)c(O)c(O)c2)CC1)c1cccc(F)c1.